The maximum Gasteiger partial charge on any atom is 0.255 e. The molecule has 22 heavy (non-hydrogen) atoms. The molecule has 1 unspecified atom stereocenters. The number of nitrogens with one attached hydrogen (secondary N) is 1. The van der Waals surface area contributed by atoms with Gasteiger partial charge in [-0.25, -0.2) is 13.8 Å². The first-order chi connectivity index (χ1) is 10.5. The molecule has 0 aromatic carbocycles. The van der Waals surface area contributed by atoms with Gasteiger partial charge in [-0.1, -0.05) is 11.6 Å². The molecule has 0 bridgehead atoms. The average Bonchev–Trinajstić information content (AvgIpc) is 2.52. The van der Waals surface area contributed by atoms with Crippen molar-refractivity contribution in [1.29, 1.82) is 5.26 Å². The number of piperidine rings is 1. The van der Waals surface area contributed by atoms with Crippen molar-refractivity contribution >= 4 is 23.3 Å². The number of nitrogens with zero attached hydrogens (tertiary/aromatic N) is 3. The molecule has 5 nitrogen and oxygen atoms in total. The molecule has 1 atom stereocenters. The number of rotatable bonds is 4. The zero-order valence-electron chi connectivity index (χ0n) is 11.7. The van der Waals surface area contributed by atoms with Gasteiger partial charge >= 0.3 is 0 Å². The number of pyridine rings is 1. The predicted octanol–water partition coefficient (Wildman–Crippen LogP) is 2.20. The Hall–Kier alpha value is -1.94. The summed E-state index contributed by atoms with van der Waals surface area (Å²) in [5.41, 5.74) is 0.358. The summed E-state index contributed by atoms with van der Waals surface area (Å²) >= 11 is 6.12. The second kappa shape index (κ2) is 7.36. The van der Waals surface area contributed by atoms with Crippen molar-refractivity contribution in [1.82, 2.24) is 10.3 Å². The highest BCUT2D eigenvalue weighted by molar-refractivity contribution is 6.33. The number of carbonyl (C=O) groups excluding carboxylic acids is 1. The van der Waals surface area contributed by atoms with Gasteiger partial charge < -0.3 is 10.2 Å². The van der Waals surface area contributed by atoms with E-state index in [0.29, 0.717) is 35.9 Å². The lowest BCUT2D eigenvalue weighted by Gasteiger charge is -2.33. The van der Waals surface area contributed by atoms with Crippen molar-refractivity contribution in [2.24, 2.45) is 5.92 Å². The van der Waals surface area contributed by atoms with Crippen LogP contribution in [0.3, 0.4) is 0 Å². The number of carbonyl (C=O) groups is 1. The molecule has 1 aliphatic rings. The number of aromatic nitrogens is 1. The second-order valence-corrected chi connectivity index (χ2v) is 5.47. The number of amides is 1. The van der Waals surface area contributed by atoms with E-state index in [1.165, 1.54) is 12.3 Å². The summed E-state index contributed by atoms with van der Waals surface area (Å²) in [6, 6.07) is 3.47. The van der Waals surface area contributed by atoms with Gasteiger partial charge in [0.05, 0.1) is 23.0 Å². The minimum Gasteiger partial charge on any atom is -0.355 e. The molecule has 1 aliphatic heterocycles. The molecule has 2 heterocycles. The molecule has 1 aromatic heterocycles. The molecule has 0 radical (unpaired) electrons. The van der Waals surface area contributed by atoms with Crippen LogP contribution in [0.25, 0.3) is 0 Å². The third kappa shape index (κ3) is 4.04. The zero-order valence-corrected chi connectivity index (χ0v) is 12.5. The van der Waals surface area contributed by atoms with Crippen LogP contribution in [0.4, 0.5) is 14.6 Å². The number of hydrogen-bond acceptors (Lipinski definition) is 4. The molecule has 0 aliphatic carbocycles. The molecular formula is C14H15ClF2N4O. The van der Waals surface area contributed by atoms with E-state index in [2.05, 4.69) is 10.3 Å². The van der Waals surface area contributed by atoms with Gasteiger partial charge in [0.1, 0.15) is 11.9 Å². The third-order valence-corrected chi connectivity index (χ3v) is 3.75. The van der Waals surface area contributed by atoms with Crippen LogP contribution in [0.5, 0.6) is 0 Å². The van der Waals surface area contributed by atoms with Crippen molar-refractivity contribution < 1.29 is 13.6 Å². The van der Waals surface area contributed by atoms with Crippen LogP contribution in [-0.4, -0.2) is 37.0 Å². The second-order valence-electron chi connectivity index (χ2n) is 5.06. The van der Waals surface area contributed by atoms with E-state index in [-0.39, 0.29) is 11.8 Å². The summed E-state index contributed by atoms with van der Waals surface area (Å²) in [5.74, 6) is -0.247. The topological polar surface area (TPSA) is 69.0 Å². The predicted molar refractivity (Wildman–Crippen MR) is 77.9 cm³/mol. The highest BCUT2D eigenvalue weighted by Gasteiger charge is 2.27. The van der Waals surface area contributed by atoms with Crippen LogP contribution in [0, 0.1) is 17.2 Å². The van der Waals surface area contributed by atoms with Crippen molar-refractivity contribution in [3.05, 3.63) is 22.8 Å². The standard InChI is InChI=1S/C14H15ClF2N4O/c15-11-4-9(5-18)6-19-13(11)21-3-1-2-10(8-21)14(22)20-7-12(16)17/h4,6,10,12H,1-3,7-8H2,(H,20,22). The molecule has 1 saturated heterocycles. The van der Waals surface area contributed by atoms with Crippen LogP contribution in [0.15, 0.2) is 12.3 Å². The van der Waals surface area contributed by atoms with Gasteiger partial charge in [0, 0.05) is 19.3 Å². The minimum atomic E-state index is -2.56. The van der Waals surface area contributed by atoms with E-state index in [9.17, 15) is 13.6 Å². The molecule has 118 valence electrons. The molecule has 0 saturated carbocycles. The number of alkyl halides is 2. The highest BCUT2D eigenvalue weighted by Crippen LogP contribution is 2.28. The first kappa shape index (κ1) is 16.4. The molecule has 1 fully saturated rings. The van der Waals surface area contributed by atoms with Crippen molar-refractivity contribution in [2.75, 3.05) is 24.5 Å². The van der Waals surface area contributed by atoms with Crippen LogP contribution >= 0.6 is 11.6 Å². The van der Waals surface area contributed by atoms with Gasteiger partial charge in [-0.15, -0.1) is 0 Å². The van der Waals surface area contributed by atoms with E-state index in [4.69, 9.17) is 16.9 Å². The van der Waals surface area contributed by atoms with Gasteiger partial charge in [-0.05, 0) is 18.9 Å². The van der Waals surface area contributed by atoms with Crippen LogP contribution < -0.4 is 10.2 Å². The first-order valence-corrected chi connectivity index (χ1v) is 7.25. The molecule has 1 N–H and O–H groups in total. The van der Waals surface area contributed by atoms with E-state index < -0.39 is 13.0 Å². The Morgan fingerprint density at radius 1 is 1.64 bits per heavy atom. The van der Waals surface area contributed by atoms with Gasteiger partial charge in [-0.2, -0.15) is 5.26 Å². The first-order valence-electron chi connectivity index (χ1n) is 6.87. The zero-order chi connectivity index (χ0) is 16.1. The Morgan fingerprint density at radius 2 is 2.41 bits per heavy atom. The van der Waals surface area contributed by atoms with Gasteiger partial charge in [0.25, 0.3) is 6.43 Å². The lowest BCUT2D eigenvalue weighted by atomic mass is 9.97. The average molecular weight is 329 g/mol. The number of nitriles is 1. The molecule has 8 heteroatoms. The molecule has 1 aromatic rings. The number of hydrogen-bond donors (Lipinski definition) is 1. The van der Waals surface area contributed by atoms with E-state index in [0.717, 1.165) is 6.42 Å². The summed E-state index contributed by atoms with van der Waals surface area (Å²) in [6.07, 6.45) is 0.240. The Bertz CT molecular complexity index is 591. The largest absolute Gasteiger partial charge is 0.355 e. The summed E-state index contributed by atoms with van der Waals surface area (Å²) < 4.78 is 24.3. The number of anilines is 1. The van der Waals surface area contributed by atoms with Crippen LogP contribution in [0.1, 0.15) is 18.4 Å². The molecule has 1 amide bonds. The van der Waals surface area contributed by atoms with Crippen molar-refractivity contribution in [3.63, 3.8) is 0 Å². The monoisotopic (exact) mass is 328 g/mol. The maximum atomic E-state index is 12.1. The summed E-state index contributed by atoms with van der Waals surface area (Å²) in [5, 5.41) is 11.4. The molecule has 2 rings (SSSR count). The Labute approximate surface area is 131 Å². The van der Waals surface area contributed by atoms with E-state index in [1.807, 2.05) is 11.0 Å². The van der Waals surface area contributed by atoms with Gasteiger partial charge in [0.15, 0.2) is 0 Å². The summed E-state index contributed by atoms with van der Waals surface area (Å²) in [7, 11) is 0. The highest BCUT2D eigenvalue weighted by atomic mass is 35.5. The van der Waals surface area contributed by atoms with Crippen LogP contribution in [-0.2, 0) is 4.79 Å². The lowest BCUT2D eigenvalue weighted by molar-refractivity contribution is -0.125. The molecular weight excluding hydrogens is 314 g/mol. The van der Waals surface area contributed by atoms with E-state index in [1.54, 1.807) is 0 Å². The van der Waals surface area contributed by atoms with Crippen molar-refractivity contribution in [3.8, 4) is 6.07 Å². The van der Waals surface area contributed by atoms with E-state index >= 15 is 0 Å². The number of halogens is 3. The minimum absolute atomic E-state index is 0.340. The maximum absolute atomic E-state index is 12.1. The van der Waals surface area contributed by atoms with Gasteiger partial charge in [-0.3, -0.25) is 4.79 Å². The fourth-order valence-electron chi connectivity index (χ4n) is 2.43. The smallest absolute Gasteiger partial charge is 0.255 e. The normalized spacial score (nSPS) is 18.1. The molecule has 0 spiro atoms. The fraction of sp³-hybridized carbons (Fsp3) is 0.500. The van der Waals surface area contributed by atoms with Gasteiger partial charge in [0.2, 0.25) is 5.91 Å². The fourth-order valence-corrected chi connectivity index (χ4v) is 2.72. The lowest BCUT2D eigenvalue weighted by Crippen LogP contribution is -2.44. The Morgan fingerprint density at radius 3 is 3.05 bits per heavy atom. The quantitative estimate of drug-likeness (QED) is 0.920. The SMILES string of the molecule is N#Cc1cnc(N2CCCC(C(=O)NCC(F)F)C2)c(Cl)c1. The van der Waals surface area contributed by atoms with Crippen molar-refractivity contribution in [2.45, 2.75) is 19.3 Å². The summed E-state index contributed by atoms with van der Waals surface area (Å²) in [4.78, 5) is 17.9. The summed E-state index contributed by atoms with van der Waals surface area (Å²) in [6.45, 7) is 0.413. The Balaban J connectivity index is 2.04. The third-order valence-electron chi connectivity index (χ3n) is 3.47. The Kier molecular flexibility index (Phi) is 5.50. The van der Waals surface area contributed by atoms with Crippen LogP contribution in [0.2, 0.25) is 5.02 Å².